The van der Waals surface area contributed by atoms with Crippen LogP contribution in [0.2, 0.25) is 0 Å². The molecule has 0 unspecified atom stereocenters. The van der Waals surface area contributed by atoms with Crippen LogP contribution >= 0.6 is 0 Å². The molecule has 14 N–H and O–H groups in total. The van der Waals surface area contributed by atoms with Crippen molar-refractivity contribution >= 4 is 99.3 Å². The number of nitrogens with zero attached hydrogens (tertiary/aromatic N) is 2. The molecule has 3 heterocycles. The first-order valence-electron chi connectivity index (χ1n) is 24.1. The van der Waals surface area contributed by atoms with Gasteiger partial charge in [0.25, 0.3) is 60.7 Å². The Morgan fingerprint density at radius 3 is 1.63 bits per heavy atom. The average Bonchev–Trinajstić information content (AvgIpc) is 2.28. The number of allylic oxidation sites excluding steroid dienone is 6. The summed E-state index contributed by atoms with van der Waals surface area (Å²) in [6, 6.07) is 7.20. The van der Waals surface area contributed by atoms with E-state index in [2.05, 4.69) is 0 Å². The molecule has 0 aliphatic carbocycles. The van der Waals surface area contributed by atoms with Gasteiger partial charge in [-0.1, -0.05) is 18.2 Å². The second kappa shape index (κ2) is 23.9. The van der Waals surface area contributed by atoms with Gasteiger partial charge in [0.05, 0.1) is 65.3 Å². The minimum Gasteiger partial charge on any atom is -0.462 e. The van der Waals surface area contributed by atoms with Crippen LogP contribution < -0.4 is 4.90 Å². The Morgan fingerprint density at radius 2 is 1.13 bits per heavy atom. The van der Waals surface area contributed by atoms with Crippen LogP contribution in [0.3, 0.4) is 0 Å². The molecular weight excluding hydrogens is 1230 g/mol. The zero-order chi connectivity index (χ0) is 61.8. The number of aliphatic hydroxyl groups is 8. The fourth-order valence-corrected chi connectivity index (χ4v) is 14.1. The van der Waals surface area contributed by atoms with Crippen LogP contribution in [-0.4, -0.2) is 217 Å². The van der Waals surface area contributed by atoms with Crippen LogP contribution in [0.1, 0.15) is 24.0 Å². The van der Waals surface area contributed by atoms with Gasteiger partial charge in [-0.2, -0.15) is 55.1 Å². The van der Waals surface area contributed by atoms with E-state index in [1.807, 2.05) is 0 Å². The van der Waals surface area contributed by atoms with Gasteiger partial charge in [0.1, 0.15) is 51.9 Å². The van der Waals surface area contributed by atoms with Crippen LogP contribution in [0.15, 0.2) is 116 Å². The highest BCUT2D eigenvalue weighted by atomic mass is 32.2. The highest BCUT2D eigenvalue weighted by Crippen LogP contribution is 2.53. The van der Waals surface area contributed by atoms with Crippen molar-refractivity contribution in [2.75, 3.05) is 62.5 Å². The van der Waals surface area contributed by atoms with Crippen LogP contribution in [0, 0.1) is 0 Å². The number of benzene rings is 4. The molecule has 30 nitrogen and oxygen atoms in total. The molecule has 36 heteroatoms. The van der Waals surface area contributed by atoms with Crippen LogP contribution in [0.4, 0.5) is 11.4 Å². The molecule has 0 saturated carbocycles. The number of hydrogen-bond donors (Lipinski definition) is 14. The fraction of sp³-hybridized carbons (Fsp3) is 0.383. The van der Waals surface area contributed by atoms with Crippen molar-refractivity contribution in [2.45, 2.75) is 74.0 Å². The number of fused-ring (bicyclic) bond motifs is 6. The Morgan fingerprint density at radius 1 is 0.614 bits per heavy atom. The molecule has 0 radical (unpaired) electrons. The maximum absolute atomic E-state index is 13.1. The molecular formula is C47H55N2O28S6+. The van der Waals surface area contributed by atoms with Crippen LogP contribution in [0.5, 0.6) is 0 Å². The Kier molecular flexibility index (Phi) is 18.8. The maximum atomic E-state index is 13.1. The van der Waals surface area contributed by atoms with E-state index < -0.39 is 209 Å². The molecule has 0 bridgehead atoms. The first-order chi connectivity index (χ1) is 38.4. The Hall–Kier alpha value is -5.27. The van der Waals surface area contributed by atoms with Gasteiger partial charge < -0.3 is 55.2 Å². The lowest BCUT2D eigenvalue weighted by atomic mass is 9.76. The second-order valence-corrected chi connectivity index (χ2v) is 28.0. The molecule has 1 fully saturated rings. The smallest absolute Gasteiger partial charge is 0.295 e. The van der Waals surface area contributed by atoms with Gasteiger partial charge >= 0.3 is 0 Å². The van der Waals surface area contributed by atoms with Crippen molar-refractivity contribution in [2.24, 2.45) is 0 Å². The molecule has 3 aliphatic rings. The third-order valence-corrected chi connectivity index (χ3v) is 19.1. The summed E-state index contributed by atoms with van der Waals surface area (Å²) in [5.74, 6) is -2.26. The number of anilines is 1. The lowest BCUT2D eigenvalue weighted by Gasteiger charge is -2.39. The first-order valence-corrected chi connectivity index (χ1v) is 33.0. The van der Waals surface area contributed by atoms with E-state index in [1.165, 1.54) is 33.8 Å². The van der Waals surface area contributed by atoms with Crippen molar-refractivity contribution in [1.82, 2.24) is 0 Å². The predicted molar refractivity (Wildman–Crippen MR) is 287 cm³/mol. The van der Waals surface area contributed by atoms with Crippen molar-refractivity contribution in [3.05, 3.63) is 108 Å². The number of aliphatic hydroxyl groups excluding tert-OH is 8. The zero-order valence-corrected chi connectivity index (χ0v) is 47.5. The molecule has 3 aliphatic heterocycles. The lowest BCUT2D eigenvalue weighted by Crippen LogP contribution is -2.59. The standard InChI is InChI=1S/C47H54N2O28S6/c50-21-33-42(55)43(56)44(57)45(77-33)76-28(9-12-37-47(24-53,25-54)41-32(49(37)14-4-16-79(61,62)63)11-8-27-18-30(81(67,68)69)20-35(39(27)41)83(73,74)75)5-1-2-6-36-46(22-51,23-52)40-31(48(36)13-3-15-78(58,59)60)10-7-26-17-29(80(64,65)66)19-34(38(26)40)82(70,71)72/h1-2,5-12,17-20,33,42-45,50-57H,3-4,13-16,21-25H2,(H5-,58,59,60,61,62,63,64,65,66,67,68,69,70,71,72,73,74,75)/p+1/t33-,42-,43+,44-,45-/m1/s1. The minimum atomic E-state index is -5.48. The summed E-state index contributed by atoms with van der Waals surface area (Å²) in [4.78, 5) is -2.98. The van der Waals surface area contributed by atoms with Gasteiger partial charge in [-0.15, -0.1) is 0 Å². The molecule has 0 aromatic heterocycles. The van der Waals surface area contributed by atoms with Gasteiger partial charge in [0, 0.05) is 52.8 Å². The summed E-state index contributed by atoms with van der Waals surface area (Å²) >= 11 is 0. The third-order valence-electron chi connectivity index (χ3n) is 14.1. The van der Waals surface area contributed by atoms with Gasteiger partial charge in [0.15, 0.2) is 5.71 Å². The minimum absolute atomic E-state index is 0.0625. The van der Waals surface area contributed by atoms with E-state index in [9.17, 15) is 119 Å². The molecule has 7 rings (SSSR count). The highest BCUT2D eigenvalue weighted by Gasteiger charge is 2.54. The molecule has 4 aromatic carbocycles. The Labute approximate surface area is 473 Å². The predicted octanol–water partition coefficient (Wildman–Crippen LogP) is -1.70. The average molecular weight is 1290 g/mol. The summed E-state index contributed by atoms with van der Waals surface area (Å²) in [6.45, 7) is -6.35. The number of rotatable bonds is 23. The van der Waals surface area contributed by atoms with E-state index in [-0.39, 0.29) is 44.7 Å². The summed E-state index contributed by atoms with van der Waals surface area (Å²) in [5.41, 5.74) is -5.59. The van der Waals surface area contributed by atoms with Crippen molar-refractivity contribution < 1.29 is 133 Å². The Bertz CT molecular complexity index is 4110. The van der Waals surface area contributed by atoms with Crippen LogP contribution in [-0.2, 0) is 81.0 Å². The monoisotopic (exact) mass is 1290 g/mol. The summed E-state index contributed by atoms with van der Waals surface area (Å²) in [5, 5.41) is 85.9. The fourth-order valence-electron chi connectivity index (χ4n) is 10.4. The molecule has 1 saturated heterocycles. The van der Waals surface area contributed by atoms with Gasteiger partial charge in [-0.05, 0) is 71.8 Å². The SMILES string of the molecule is O=S(=O)(O)CCCN1/C(=C/C=C/C=C(/C=C/C2=[N+](CCCS(=O)(=O)O)c3ccc4cc(S(=O)(=O)O)cc(S(=O)(=O)O)c4c3C2(CO)CO)O[C@@H]2O[C@H](CO)[C@@H](O)[C@H](O)[C@H]2O)C(CO)(CO)c2c1ccc1cc(S(=O)(=O)O)cc(S(=O)(=O)O)c21. The first kappa shape index (κ1) is 65.3. The summed E-state index contributed by atoms with van der Waals surface area (Å²) in [6.07, 6.45) is -3.80. The van der Waals surface area contributed by atoms with Gasteiger partial charge in [-0.25, -0.2) is 0 Å². The van der Waals surface area contributed by atoms with E-state index in [4.69, 9.17) is 9.47 Å². The molecule has 0 amide bonds. The molecule has 83 heavy (non-hydrogen) atoms. The molecule has 4 aromatic rings. The summed E-state index contributed by atoms with van der Waals surface area (Å²) in [7, 11) is -30.6. The van der Waals surface area contributed by atoms with Gasteiger partial charge in [-0.3, -0.25) is 27.3 Å². The number of hydrogen-bond acceptors (Lipinski definition) is 23. The molecule has 0 spiro atoms. The van der Waals surface area contributed by atoms with E-state index >= 15 is 0 Å². The zero-order valence-electron chi connectivity index (χ0n) is 42.6. The van der Waals surface area contributed by atoms with Crippen LogP contribution in [0.25, 0.3) is 21.5 Å². The summed E-state index contributed by atoms with van der Waals surface area (Å²) < 4.78 is 222. The third kappa shape index (κ3) is 13.1. The van der Waals surface area contributed by atoms with Gasteiger partial charge in [0.2, 0.25) is 12.0 Å². The highest BCUT2D eigenvalue weighted by molar-refractivity contribution is 7.87. The van der Waals surface area contributed by atoms with Crippen molar-refractivity contribution in [3.8, 4) is 0 Å². The normalized spacial score (nSPS) is 22.2. The van der Waals surface area contributed by atoms with E-state index in [0.717, 1.165) is 48.6 Å². The van der Waals surface area contributed by atoms with E-state index in [1.54, 1.807) is 0 Å². The topological polar surface area (TPSA) is 513 Å². The Balaban J connectivity index is 1.47. The van der Waals surface area contributed by atoms with Crippen molar-refractivity contribution in [3.63, 3.8) is 0 Å². The van der Waals surface area contributed by atoms with Crippen molar-refractivity contribution in [1.29, 1.82) is 0 Å². The van der Waals surface area contributed by atoms with E-state index in [0.29, 0.717) is 12.1 Å². The molecule has 5 atom stereocenters. The number of ether oxygens (including phenoxy) is 2. The quantitative estimate of drug-likeness (QED) is 0.0170. The maximum Gasteiger partial charge on any atom is 0.295 e. The molecule has 456 valence electrons. The lowest BCUT2D eigenvalue weighted by molar-refractivity contribution is -0.437. The largest absolute Gasteiger partial charge is 0.462 e. The second-order valence-electron chi connectivity index (χ2n) is 19.3.